The third-order valence-electron chi connectivity index (χ3n) is 3.41. The number of carboxylic acid groups (broad SMARTS) is 1. The summed E-state index contributed by atoms with van der Waals surface area (Å²) in [6.07, 6.45) is 1.83. The summed E-state index contributed by atoms with van der Waals surface area (Å²) in [6, 6.07) is -0.0115. The minimum Gasteiger partial charge on any atom is -0.481 e. The number of hydrogen-bond donors (Lipinski definition) is 2. The van der Waals surface area contributed by atoms with Gasteiger partial charge in [-0.05, 0) is 38.6 Å². The first-order valence-corrected chi connectivity index (χ1v) is 7.89. The highest BCUT2D eigenvalue weighted by atomic mass is 32.2. The summed E-state index contributed by atoms with van der Waals surface area (Å²) in [7, 11) is -3.36. The second kappa shape index (κ2) is 6.49. The molecule has 18 heavy (non-hydrogen) atoms. The van der Waals surface area contributed by atoms with Gasteiger partial charge in [-0.2, -0.15) is 4.31 Å². The van der Waals surface area contributed by atoms with E-state index in [2.05, 4.69) is 0 Å². The molecule has 6 nitrogen and oxygen atoms in total. The Morgan fingerprint density at radius 3 is 2.67 bits per heavy atom. The van der Waals surface area contributed by atoms with Crippen molar-refractivity contribution >= 4 is 16.0 Å². The van der Waals surface area contributed by atoms with Gasteiger partial charge in [-0.1, -0.05) is 0 Å². The number of rotatable bonds is 6. The molecular weight excluding hydrogens is 256 g/mol. The van der Waals surface area contributed by atoms with Gasteiger partial charge in [0.15, 0.2) is 0 Å². The number of aliphatic carboxylic acids is 1. The molecule has 0 aromatic carbocycles. The third kappa shape index (κ3) is 4.22. The van der Waals surface area contributed by atoms with Crippen molar-refractivity contribution in [3.05, 3.63) is 0 Å². The molecule has 1 heterocycles. The van der Waals surface area contributed by atoms with Crippen LogP contribution in [0.5, 0.6) is 0 Å². The average Bonchev–Trinajstić information content (AvgIpc) is 2.28. The van der Waals surface area contributed by atoms with Crippen molar-refractivity contribution in [2.24, 2.45) is 11.7 Å². The SMILES string of the molecule is CC1CCC(CN)CN1S(=O)(=O)CCCC(=O)O. The smallest absolute Gasteiger partial charge is 0.303 e. The number of carbonyl (C=O) groups is 1. The molecule has 0 spiro atoms. The standard InChI is InChI=1S/C11H22N2O4S/c1-9-4-5-10(7-12)8-13(9)18(16,17)6-2-3-11(14)15/h9-10H,2-8,12H2,1H3,(H,14,15). The van der Waals surface area contributed by atoms with Crippen LogP contribution in [0.4, 0.5) is 0 Å². The van der Waals surface area contributed by atoms with E-state index in [0.717, 1.165) is 12.8 Å². The lowest BCUT2D eigenvalue weighted by Crippen LogP contribution is -2.47. The summed E-state index contributed by atoms with van der Waals surface area (Å²) in [4.78, 5) is 10.4. The Kier molecular flexibility index (Phi) is 5.55. The fourth-order valence-electron chi connectivity index (χ4n) is 2.25. The minimum atomic E-state index is -3.36. The van der Waals surface area contributed by atoms with Crippen LogP contribution in [0, 0.1) is 5.92 Å². The summed E-state index contributed by atoms with van der Waals surface area (Å²) in [5, 5.41) is 8.53. The largest absolute Gasteiger partial charge is 0.481 e. The topological polar surface area (TPSA) is 101 Å². The molecule has 0 bridgehead atoms. The summed E-state index contributed by atoms with van der Waals surface area (Å²) >= 11 is 0. The summed E-state index contributed by atoms with van der Waals surface area (Å²) in [5.74, 6) is -0.840. The summed E-state index contributed by atoms with van der Waals surface area (Å²) in [5.41, 5.74) is 5.59. The molecule has 1 aliphatic heterocycles. The average molecular weight is 278 g/mol. The molecule has 106 valence electrons. The van der Waals surface area contributed by atoms with E-state index >= 15 is 0 Å². The van der Waals surface area contributed by atoms with E-state index in [4.69, 9.17) is 10.8 Å². The quantitative estimate of drug-likeness (QED) is 0.725. The highest BCUT2D eigenvalue weighted by molar-refractivity contribution is 7.89. The number of sulfonamides is 1. The lowest BCUT2D eigenvalue weighted by Gasteiger charge is -2.36. The van der Waals surface area contributed by atoms with E-state index < -0.39 is 16.0 Å². The predicted octanol–water partition coefficient (Wildman–Crippen LogP) is 0.240. The van der Waals surface area contributed by atoms with Crippen LogP contribution >= 0.6 is 0 Å². The molecule has 0 aliphatic carbocycles. The molecule has 2 unspecified atom stereocenters. The third-order valence-corrected chi connectivity index (χ3v) is 5.43. The lowest BCUT2D eigenvalue weighted by atomic mass is 9.96. The van der Waals surface area contributed by atoms with E-state index in [1.165, 1.54) is 4.31 Å². The van der Waals surface area contributed by atoms with Crippen molar-refractivity contribution in [1.82, 2.24) is 4.31 Å². The van der Waals surface area contributed by atoms with Gasteiger partial charge >= 0.3 is 5.97 Å². The van der Waals surface area contributed by atoms with Crippen LogP contribution in [0.3, 0.4) is 0 Å². The van der Waals surface area contributed by atoms with Gasteiger partial charge in [-0.15, -0.1) is 0 Å². The minimum absolute atomic E-state index is 0.0115. The Morgan fingerprint density at radius 2 is 2.11 bits per heavy atom. The van der Waals surface area contributed by atoms with Gasteiger partial charge in [0.1, 0.15) is 0 Å². The van der Waals surface area contributed by atoms with Crippen molar-refractivity contribution in [3.8, 4) is 0 Å². The Morgan fingerprint density at radius 1 is 1.44 bits per heavy atom. The molecule has 3 N–H and O–H groups in total. The number of nitrogens with two attached hydrogens (primary N) is 1. The first kappa shape index (κ1) is 15.4. The van der Waals surface area contributed by atoms with Crippen molar-refractivity contribution in [2.45, 2.75) is 38.6 Å². The monoisotopic (exact) mass is 278 g/mol. The van der Waals surface area contributed by atoms with Crippen molar-refractivity contribution < 1.29 is 18.3 Å². The first-order valence-electron chi connectivity index (χ1n) is 6.28. The van der Waals surface area contributed by atoms with E-state index in [-0.39, 0.29) is 30.6 Å². The van der Waals surface area contributed by atoms with Crippen LogP contribution in [0.25, 0.3) is 0 Å². The maximum Gasteiger partial charge on any atom is 0.303 e. The van der Waals surface area contributed by atoms with Gasteiger partial charge in [-0.25, -0.2) is 8.42 Å². The molecule has 1 saturated heterocycles. The molecule has 1 fully saturated rings. The number of piperidine rings is 1. The van der Waals surface area contributed by atoms with Crippen molar-refractivity contribution in [3.63, 3.8) is 0 Å². The first-order chi connectivity index (χ1) is 8.36. The molecule has 1 rings (SSSR count). The number of hydrogen-bond acceptors (Lipinski definition) is 4. The molecule has 0 saturated carbocycles. The van der Waals surface area contributed by atoms with Gasteiger partial charge in [0.05, 0.1) is 5.75 Å². The fraction of sp³-hybridized carbons (Fsp3) is 0.909. The predicted molar refractivity (Wildman–Crippen MR) is 68.6 cm³/mol. The second-order valence-corrected chi connectivity index (χ2v) is 6.95. The number of nitrogens with zero attached hydrogens (tertiary/aromatic N) is 1. The molecule has 2 atom stereocenters. The van der Waals surface area contributed by atoms with E-state index in [0.29, 0.717) is 13.1 Å². The Labute approximate surface area is 108 Å². The zero-order chi connectivity index (χ0) is 13.8. The van der Waals surface area contributed by atoms with Gasteiger partial charge in [0, 0.05) is 19.0 Å². The van der Waals surface area contributed by atoms with Crippen LogP contribution in [-0.4, -0.2) is 48.7 Å². The van der Waals surface area contributed by atoms with E-state index in [9.17, 15) is 13.2 Å². The highest BCUT2D eigenvalue weighted by Gasteiger charge is 2.32. The number of carboxylic acids is 1. The maximum absolute atomic E-state index is 12.1. The Balaban J connectivity index is 2.61. The normalized spacial score (nSPS) is 26.1. The lowest BCUT2D eigenvalue weighted by molar-refractivity contribution is -0.137. The summed E-state index contributed by atoms with van der Waals surface area (Å²) in [6.45, 7) is 2.85. The van der Waals surface area contributed by atoms with E-state index in [1.807, 2.05) is 6.92 Å². The molecular formula is C11H22N2O4S. The second-order valence-electron chi connectivity index (χ2n) is 4.91. The molecule has 0 aromatic heterocycles. The van der Waals surface area contributed by atoms with Gasteiger partial charge in [0.2, 0.25) is 10.0 Å². The fourth-order valence-corrected chi connectivity index (χ4v) is 4.09. The van der Waals surface area contributed by atoms with Crippen LogP contribution in [0.2, 0.25) is 0 Å². The van der Waals surface area contributed by atoms with Crippen LogP contribution < -0.4 is 5.73 Å². The van der Waals surface area contributed by atoms with E-state index in [1.54, 1.807) is 0 Å². The molecule has 0 radical (unpaired) electrons. The van der Waals surface area contributed by atoms with Gasteiger partial charge < -0.3 is 10.8 Å². The van der Waals surface area contributed by atoms with Gasteiger partial charge in [-0.3, -0.25) is 4.79 Å². The van der Waals surface area contributed by atoms with Gasteiger partial charge in [0.25, 0.3) is 0 Å². The van der Waals surface area contributed by atoms with Crippen LogP contribution in [0.1, 0.15) is 32.6 Å². The van der Waals surface area contributed by atoms with Crippen molar-refractivity contribution in [1.29, 1.82) is 0 Å². The zero-order valence-electron chi connectivity index (χ0n) is 10.7. The molecule has 1 aliphatic rings. The summed E-state index contributed by atoms with van der Waals surface area (Å²) < 4.78 is 25.8. The zero-order valence-corrected chi connectivity index (χ0v) is 11.5. The Bertz CT molecular complexity index is 383. The Hall–Kier alpha value is -0.660. The van der Waals surface area contributed by atoms with Crippen molar-refractivity contribution in [2.75, 3.05) is 18.8 Å². The molecule has 7 heteroatoms. The van der Waals surface area contributed by atoms with Crippen LogP contribution in [0.15, 0.2) is 0 Å². The maximum atomic E-state index is 12.1. The highest BCUT2D eigenvalue weighted by Crippen LogP contribution is 2.24. The van der Waals surface area contributed by atoms with Crippen LogP contribution in [-0.2, 0) is 14.8 Å². The molecule has 0 amide bonds. The molecule has 0 aromatic rings.